The molecule has 0 aromatic carbocycles. The number of thiophene rings is 1. The molecule has 0 saturated heterocycles. The Bertz CT molecular complexity index is 312. The molecule has 0 aliphatic rings. The molecule has 0 unspecified atom stereocenters. The number of carbonyl (C=O) groups is 1. The minimum absolute atomic E-state index is 0.0108. The number of hydrogen-bond acceptors (Lipinski definition) is 3. The number of allylic oxidation sites excluding steroid dienone is 1. The normalized spacial score (nSPS) is 9.50. The highest BCUT2D eigenvalue weighted by Crippen LogP contribution is 2.25. The van der Waals surface area contributed by atoms with Crippen molar-refractivity contribution < 1.29 is 9.53 Å². The summed E-state index contributed by atoms with van der Waals surface area (Å²) in [6.07, 6.45) is 0. The van der Waals surface area contributed by atoms with Crippen LogP contribution in [0.15, 0.2) is 24.3 Å². The molecule has 2 nitrogen and oxygen atoms in total. The molecule has 1 rings (SSSR count). The fourth-order valence-corrected chi connectivity index (χ4v) is 1.60. The van der Waals surface area contributed by atoms with E-state index in [1.165, 1.54) is 11.3 Å². The van der Waals surface area contributed by atoms with Crippen LogP contribution in [0.4, 0.5) is 0 Å². The Morgan fingerprint density at radius 3 is 2.67 bits per heavy atom. The van der Waals surface area contributed by atoms with E-state index in [1.807, 2.05) is 0 Å². The topological polar surface area (TPSA) is 26.3 Å². The van der Waals surface area contributed by atoms with Crippen molar-refractivity contribution in [1.29, 1.82) is 0 Å². The molecule has 0 N–H and O–H groups in total. The van der Waals surface area contributed by atoms with Gasteiger partial charge in [0.15, 0.2) is 10.8 Å². The van der Waals surface area contributed by atoms with Crippen molar-refractivity contribution in [3.8, 4) is 5.06 Å². The lowest BCUT2D eigenvalue weighted by Crippen LogP contribution is -1.94. The lowest BCUT2D eigenvalue weighted by atomic mass is 10.2. The number of Topliss-reactive ketones (excluding diaryl/α,β-unsaturated/α-hetero) is 1. The Morgan fingerprint density at radius 1 is 1.58 bits per heavy atom. The summed E-state index contributed by atoms with van der Waals surface area (Å²) in [6.45, 7) is 5.29. The van der Waals surface area contributed by atoms with Crippen LogP contribution in [0.25, 0.3) is 0 Å². The molecule has 0 saturated carbocycles. The molecular formula is C9H10O2S. The van der Waals surface area contributed by atoms with Crippen LogP contribution in [-0.4, -0.2) is 12.9 Å². The van der Waals surface area contributed by atoms with Crippen molar-refractivity contribution in [2.75, 3.05) is 7.11 Å². The number of rotatable bonds is 3. The predicted molar refractivity (Wildman–Crippen MR) is 50.0 cm³/mol. The monoisotopic (exact) mass is 182 g/mol. The van der Waals surface area contributed by atoms with Crippen LogP contribution in [0.5, 0.6) is 5.06 Å². The van der Waals surface area contributed by atoms with Crippen LogP contribution in [-0.2, 0) is 0 Å². The zero-order valence-corrected chi connectivity index (χ0v) is 7.90. The molecule has 64 valence electrons. The minimum Gasteiger partial charge on any atom is -0.487 e. The molecule has 1 aromatic heterocycles. The van der Waals surface area contributed by atoms with Gasteiger partial charge in [0, 0.05) is 0 Å². The van der Waals surface area contributed by atoms with E-state index in [4.69, 9.17) is 4.74 Å². The zero-order valence-electron chi connectivity index (χ0n) is 7.09. The highest BCUT2D eigenvalue weighted by Gasteiger charge is 2.09. The van der Waals surface area contributed by atoms with Gasteiger partial charge in [0.05, 0.1) is 12.0 Å². The van der Waals surface area contributed by atoms with Crippen LogP contribution in [0, 0.1) is 0 Å². The van der Waals surface area contributed by atoms with E-state index in [1.54, 1.807) is 26.2 Å². The molecular weight excluding hydrogens is 172 g/mol. The molecule has 0 radical (unpaired) electrons. The van der Waals surface area contributed by atoms with Crippen LogP contribution in [0.3, 0.4) is 0 Å². The maximum absolute atomic E-state index is 11.3. The van der Waals surface area contributed by atoms with Gasteiger partial charge in [-0.2, -0.15) is 0 Å². The van der Waals surface area contributed by atoms with E-state index in [0.717, 1.165) is 5.06 Å². The molecule has 0 atom stereocenters. The van der Waals surface area contributed by atoms with Gasteiger partial charge in [0.1, 0.15) is 0 Å². The zero-order chi connectivity index (χ0) is 9.14. The van der Waals surface area contributed by atoms with Gasteiger partial charge in [-0.05, 0) is 24.6 Å². The second-order valence-corrected chi connectivity index (χ2v) is 3.48. The summed E-state index contributed by atoms with van der Waals surface area (Å²) >= 11 is 1.34. The number of hydrogen-bond donors (Lipinski definition) is 0. The number of ether oxygens (including phenoxy) is 1. The highest BCUT2D eigenvalue weighted by atomic mass is 32.1. The van der Waals surface area contributed by atoms with Crippen molar-refractivity contribution in [3.63, 3.8) is 0 Å². The van der Waals surface area contributed by atoms with Gasteiger partial charge in [-0.15, -0.1) is 0 Å². The molecule has 0 amide bonds. The average Bonchev–Trinajstić information content (AvgIpc) is 2.50. The van der Waals surface area contributed by atoms with E-state index in [0.29, 0.717) is 10.5 Å². The fraction of sp³-hybridized carbons (Fsp3) is 0.222. The van der Waals surface area contributed by atoms with E-state index in [-0.39, 0.29) is 5.78 Å². The molecule has 0 fully saturated rings. The van der Waals surface area contributed by atoms with Gasteiger partial charge in [0.2, 0.25) is 0 Å². The molecule has 0 aliphatic carbocycles. The van der Waals surface area contributed by atoms with Gasteiger partial charge in [-0.1, -0.05) is 17.9 Å². The van der Waals surface area contributed by atoms with Crippen LogP contribution in [0.1, 0.15) is 16.6 Å². The highest BCUT2D eigenvalue weighted by molar-refractivity contribution is 7.16. The van der Waals surface area contributed by atoms with Crippen LogP contribution in [0.2, 0.25) is 0 Å². The van der Waals surface area contributed by atoms with Crippen molar-refractivity contribution in [1.82, 2.24) is 0 Å². The third kappa shape index (κ3) is 1.74. The summed E-state index contributed by atoms with van der Waals surface area (Å²) in [7, 11) is 1.58. The Labute approximate surface area is 75.5 Å². The van der Waals surface area contributed by atoms with Gasteiger partial charge < -0.3 is 4.74 Å². The Hall–Kier alpha value is -1.09. The minimum atomic E-state index is -0.0108. The van der Waals surface area contributed by atoms with E-state index < -0.39 is 0 Å². The third-order valence-electron chi connectivity index (χ3n) is 1.39. The SMILES string of the molecule is C=C(C)C(=O)c1ccc(OC)s1. The maximum Gasteiger partial charge on any atom is 0.198 e. The van der Waals surface area contributed by atoms with Gasteiger partial charge >= 0.3 is 0 Å². The summed E-state index contributed by atoms with van der Waals surface area (Å²) in [5, 5.41) is 0.750. The average molecular weight is 182 g/mol. The molecule has 0 aliphatic heterocycles. The van der Waals surface area contributed by atoms with Crippen molar-refractivity contribution in [2.24, 2.45) is 0 Å². The van der Waals surface area contributed by atoms with Crippen molar-refractivity contribution in [3.05, 3.63) is 29.2 Å². The molecule has 0 spiro atoms. The molecule has 3 heteroatoms. The summed E-state index contributed by atoms with van der Waals surface area (Å²) in [5.41, 5.74) is 0.555. The van der Waals surface area contributed by atoms with E-state index in [2.05, 4.69) is 6.58 Å². The fourth-order valence-electron chi connectivity index (χ4n) is 0.762. The maximum atomic E-state index is 11.3. The van der Waals surface area contributed by atoms with Crippen LogP contribution < -0.4 is 4.74 Å². The quantitative estimate of drug-likeness (QED) is 0.530. The second kappa shape index (κ2) is 3.54. The van der Waals surface area contributed by atoms with E-state index >= 15 is 0 Å². The lowest BCUT2D eigenvalue weighted by molar-refractivity contribution is 0.103. The number of carbonyl (C=O) groups excluding carboxylic acids is 1. The Kier molecular flexibility index (Phi) is 2.65. The summed E-state index contributed by atoms with van der Waals surface area (Å²) in [4.78, 5) is 12.0. The van der Waals surface area contributed by atoms with Crippen molar-refractivity contribution in [2.45, 2.75) is 6.92 Å². The number of ketones is 1. The molecule has 0 bridgehead atoms. The van der Waals surface area contributed by atoms with Crippen LogP contribution >= 0.6 is 11.3 Å². The largest absolute Gasteiger partial charge is 0.487 e. The smallest absolute Gasteiger partial charge is 0.198 e. The predicted octanol–water partition coefficient (Wildman–Crippen LogP) is 2.52. The Morgan fingerprint density at radius 2 is 2.25 bits per heavy atom. The van der Waals surface area contributed by atoms with E-state index in [9.17, 15) is 4.79 Å². The number of methoxy groups -OCH3 is 1. The molecule has 1 heterocycles. The van der Waals surface area contributed by atoms with Crippen molar-refractivity contribution >= 4 is 17.1 Å². The first-order valence-corrected chi connectivity index (χ1v) is 4.31. The first-order chi connectivity index (χ1) is 5.65. The first-order valence-electron chi connectivity index (χ1n) is 3.49. The lowest BCUT2D eigenvalue weighted by Gasteiger charge is -1.93. The second-order valence-electron chi connectivity index (χ2n) is 2.43. The summed E-state index contributed by atoms with van der Waals surface area (Å²) in [6, 6.07) is 3.53. The summed E-state index contributed by atoms with van der Waals surface area (Å²) < 4.78 is 4.96. The Balaban J connectivity index is 2.89. The van der Waals surface area contributed by atoms with Gasteiger partial charge in [0.25, 0.3) is 0 Å². The first kappa shape index (κ1) is 9.00. The standard InChI is InChI=1S/C9H10O2S/c1-6(2)9(10)7-4-5-8(11-3)12-7/h4-5H,1H2,2-3H3. The summed E-state index contributed by atoms with van der Waals surface area (Å²) in [5.74, 6) is -0.0108. The molecule has 1 aromatic rings. The molecule has 12 heavy (non-hydrogen) atoms. The van der Waals surface area contributed by atoms with Gasteiger partial charge in [-0.3, -0.25) is 4.79 Å². The third-order valence-corrected chi connectivity index (χ3v) is 2.44. The van der Waals surface area contributed by atoms with Gasteiger partial charge in [-0.25, -0.2) is 0 Å².